The number of phenolic OH excluding ortho intramolecular Hbond substituents is 2. The maximum absolute atomic E-state index is 9.84. The molecule has 2 N–H and O–H groups in total. The van der Waals surface area contributed by atoms with Gasteiger partial charge >= 0.3 is 0 Å². The van der Waals surface area contributed by atoms with Crippen LogP contribution in [-0.4, -0.2) is 10.2 Å². The van der Waals surface area contributed by atoms with E-state index in [4.69, 9.17) is 46.4 Å². The van der Waals surface area contributed by atoms with Crippen LogP contribution in [0.25, 0.3) is 0 Å². The molecule has 0 aliphatic rings. The lowest BCUT2D eigenvalue weighted by Gasteiger charge is -2.07. The van der Waals surface area contributed by atoms with Gasteiger partial charge in [-0.3, -0.25) is 0 Å². The second kappa shape index (κ2) is 7.68. The van der Waals surface area contributed by atoms with Crippen molar-refractivity contribution in [1.29, 1.82) is 0 Å². The van der Waals surface area contributed by atoms with Crippen molar-refractivity contribution in [3.05, 3.63) is 44.4 Å². The fourth-order valence-electron chi connectivity index (χ4n) is 1.30. The SMILES string of the molecule is Oc1c(Cl)cc(Cl)cc1SSSc1cc(Cl)cc(Cl)c1O. The molecule has 0 radical (unpaired) electrons. The molecule has 0 atom stereocenters. The Hall–Kier alpha value is 0.250. The molecule has 0 heterocycles. The van der Waals surface area contributed by atoms with Crippen LogP contribution in [0.15, 0.2) is 34.1 Å². The Morgan fingerprint density at radius 2 is 1.05 bits per heavy atom. The molecular formula is C12H6Cl4O2S3. The standard InChI is InChI=1S/C12H6Cl4O2S3/c13-5-1-7(15)11(17)9(3-5)19-21-20-10-4-6(14)2-8(16)12(10)18/h1-4,17-18H. The number of phenols is 2. The first-order valence-electron chi connectivity index (χ1n) is 5.25. The predicted molar refractivity (Wildman–Crippen MR) is 95.6 cm³/mol. The summed E-state index contributed by atoms with van der Waals surface area (Å²) < 4.78 is 0. The number of hydrogen-bond acceptors (Lipinski definition) is 5. The molecule has 0 saturated carbocycles. The molecule has 0 amide bonds. The molecule has 2 rings (SSSR count). The van der Waals surface area contributed by atoms with E-state index >= 15 is 0 Å². The van der Waals surface area contributed by atoms with E-state index in [0.717, 1.165) is 0 Å². The van der Waals surface area contributed by atoms with Crippen LogP contribution in [0.3, 0.4) is 0 Å². The normalized spacial score (nSPS) is 10.9. The van der Waals surface area contributed by atoms with E-state index < -0.39 is 0 Å². The van der Waals surface area contributed by atoms with Gasteiger partial charge in [-0.15, -0.1) is 0 Å². The van der Waals surface area contributed by atoms with Gasteiger partial charge in [0, 0.05) is 10.0 Å². The van der Waals surface area contributed by atoms with E-state index in [1.807, 2.05) is 0 Å². The molecule has 0 aliphatic carbocycles. The summed E-state index contributed by atoms with van der Waals surface area (Å²) in [4.78, 5) is 1.05. The van der Waals surface area contributed by atoms with Crippen LogP contribution >= 0.6 is 77.8 Å². The van der Waals surface area contributed by atoms with Crippen molar-refractivity contribution < 1.29 is 10.2 Å². The molecule has 21 heavy (non-hydrogen) atoms. The van der Waals surface area contributed by atoms with Crippen LogP contribution in [0.2, 0.25) is 20.1 Å². The Labute approximate surface area is 152 Å². The van der Waals surface area contributed by atoms with E-state index in [2.05, 4.69) is 0 Å². The molecule has 9 heteroatoms. The molecular weight excluding hydrogens is 414 g/mol. The Balaban J connectivity index is 2.09. The second-order valence-electron chi connectivity index (χ2n) is 3.70. The monoisotopic (exact) mass is 418 g/mol. The first kappa shape index (κ1) is 17.6. The molecule has 2 nitrogen and oxygen atoms in total. The highest BCUT2D eigenvalue weighted by molar-refractivity contribution is 9.09. The van der Waals surface area contributed by atoms with Crippen molar-refractivity contribution in [2.45, 2.75) is 9.79 Å². The van der Waals surface area contributed by atoms with E-state index in [1.54, 1.807) is 12.1 Å². The largest absolute Gasteiger partial charge is 0.505 e. The zero-order valence-electron chi connectivity index (χ0n) is 9.94. The molecule has 0 unspecified atom stereocenters. The zero-order valence-corrected chi connectivity index (χ0v) is 15.4. The van der Waals surface area contributed by atoms with Crippen molar-refractivity contribution >= 4 is 77.8 Å². The van der Waals surface area contributed by atoms with Crippen molar-refractivity contribution in [3.63, 3.8) is 0 Å². The Morgan fingerprint density at radius 1 is 0.667 bits per heavy atom. The summed E-state index contributed by atoms with van der Waals surface area (Å²) in [6, 6.07) is 6.13. The summed E-state index contributed by atoms with van der Waals surface area (Å²) in [7, 11) is 3.81. The minimum absolute atomic E-state index is 0.0347. The highest BCUT2D eigenvalue weighted by Gasteiger charge is 2.12. The topological polar surface area (TPSA) is 40.5 Å². The van der Waals surface area contributed by atoms with Gasteiger partial charge < -0.3 is 10.2 Å². The summed E-state index contributed by atoms with van der Waals surface area (Å²) in [5.74, 6) is -0.0694. The fraction of sp³-hybridized carbons (Fsp3) is 0. The molecule has 0 fully saturated rings. The minimum Gasteiger partial charge on any atom is -0.505 e. The lowest BCUT2D eigenvalue weighted by Crippen LogP contribution is -1.76. The van der Waals surface area contributed by atoms with Crippen molar-refractivity contribution in [3.8, 4) is 11.5 Å². The Bertz CT molecular complexity index is 625. The van der Waals surface area contributed by atoms with Crippen LogP contribution < -0.4 is 0 Å². The maximum atomic E-state index is 9.84. The van der Waals surface area contributed by atoms with E-state index in [0.29, 0.717) is 19.8 Å². The van der Waals surface area contributed by atoms with Gasteiger partial charge in [0.25, 0.3) is 0 Å². The molecule has 2 aromatic carbocycles. The summed E-state index contributed by atoms with van der Waals surface area (Å²) in [5.41, 5.74) is 0. The molecule has 0 saturated heterocycles. The van der Waals surface area contributed by atoms with Crippen LogP contribution in [0.4, 0.5) is 0 Å². The van der Waals surface area contributed by atoms with Gasteiger partial charge in [-0.2, -0.15) is 0 Å². The highest BCUT2D eigenvalue weighted by atomic mass is 35.5. The van der Waals surface area contributed by atoms with Gasteiger partial charge in [0.2, 0.25) is 0 Å². The van der Waals surface area contributed by atoms with Gasteiger partial charge in [-0.05, 0) is 55.7 Å². The summed E-state index contributed by atoms with van der Waals surface area (Å²) >= 11 is 23.5. The Kier molecular flexibility index (Phi) is 6.44. The van der Waals surface area contributed by atoms with Gasteiger partial charge in [0.1, 0.15) is 11.5 Å². The lowest BCUT2D eigenvalue weighted by atomic mass is 10.3. The molecule has 0 bridgehead atoms. The fourth-order valence-corrected chi connectivity index (χ4v) is 6.37. The van der Waals surface area contributed by atoms with Crippen molar-refractivity contribution in [2.75, 3.05) is 0 Å². The third kappa shape index (κ3) is 4.61. The Morgan fingerprint density at radius 3 is 1.43 bits per heavy atom. The molecule has 112 valence electrons. The number of hydrogen-bond donors (Lipinski definition) is 2. The average molecular weight is 420 g/mol. The highest BCUT2D eigenvalue weighted by Crippen LogP contribution is 2.51. The minimum atomic E-state index is -0.0347. The van der Waals surface area contributed by atoms with Crippen LogP contribution in [-0.2, 0) is 0 Å². The molecule has 0 spiro atoms. The van der Waals surface area contributed by atoms with Crippen LogP contribution in [0, 0.1) is 0 Å². The zero-order chi connectivity index (χ0) is 15.6. The average Bonchev–Trinajstić information content (AvgIpc) is 2.40. The number of aromatic hydroxyl groups is 2. The van der Waals surface area contributed by atoms with Gasteiger partial charge in [-0.25, -0.2) is 0 Å². The molecule has 0 aromatic heterocycles. The van der Waals surface area contributed by atoms with Gasteiger partial charge in [0.15, 0.2) is 0 Å². The third-order valence-corrected chi connectivity index (χ3v) is 7.07. The summed E-state index contributed by atoms with van der Waals surface area (Å²) in [5, 5.41) is 20.9. The van der Waals surface area contributed by atoms with Gasteiger partial charge in [0.05, 0.1) is 19.8 Å². The maximum Gasteiger partial charge on any atom is 0.148 e. The quantitative estimate of drug-likeness (QED) is 0.514. The van der Waals surface area contributed by atoms with Crippen molar-refractivity contribution in [1.82, 2.24) is 0 Å². The second-order valence-corrected chi connectivity index (χ2v) is 9.37. The number of halogens is 4. The summed E-state index contributed by atoms with van der Waals surface area (Å²) in [6.45, 7) is 0. The smallest absolute Gasteiger partial charge is 0.148 e. The first-order valence-corrected chi connectivity index (χ1v) is 10.2. The lowest BCUT2D eigenvalue weighted by molar-refractivity contribution is 0.462. The molecule has 0 aliphatic heterocycles. The summed E-state index contributed by atoms with van der Waals surface area (Å²) in [6.07, 6.45) is 0. The molecule has 2 aromatic rings. The number of benzene rings is 2. The third-order valence-electron chi connectivity index (χ3n) is 2.23. The van der Waals surface area contributed by atoms with E-state index in [-0.39, 0.29) is 21.5 Å². The first-order chi connectivity index (χ1) is 9.88. The van der Waals surface area contributed by atoms with E-state index in [9.17, 15) is 10.2 Å². The number of rotatable bonds is 4. The van der Waals surface area contributed by atoms with Crippen LogP contribution in [0.5, 0.6) is 11.5 Å². The predicted octanol–water partition coefficient (Wildman–Crippen LogP) is 7.16. The van der Waals surface area contributed by atoms with Crippen molar-refractivity contribution in [2.24, 2.45) is 0 Å². The van der Waals surface area contributed by atoms with Gasteiger partial charge in [-0.1, -0.05) is 46.4 Å². The van der Waals surface area contributed by atoms with E-state index in [1.165, 1.54) is 43.5 Å². The van der Waals surface area contributed by atoms with Crippen LogP contribution in [0.1, 0.15) is 0 Å².